The van der Waals surface area contributed by atoms with Gasteiger partial charge in [-0.2, -0.15) is 0 Å². The lowest BCUT2D eigenvalue weighted by atomic mass is 9.93. The van der Waals surface area contributed by atoms with Gasteiger partial charge in [0.15, 0.2) is 0 Å². The highest BCUT2D eigenvalue weighted by molar-refractivity contribution is 5.82. The molecule has 0 aromatic rings. The third kappa shape index (κ3) is 3.09. The predicted octanol–water partition coefficient (Wildman–Crippen LogP) is 2.33. The monoisotopic (exact) mass is 197 g/mol. The van der Waals surface area contributed by atoms with Gasteiger partial charge >= 0.3 is 0 Å². The van der Waals surface area contributed by atoms with Crippen LogP contribution < -0.4 is 0 Å². The number of ketones is 1. The maximum absolute atomic E-state index is 11.6. The van der Waals surface area contributed by atoms with Crippen molar-refractivity contribution in [2.75, 3.05) is 13.1 Å². The van der Waals surface area contributed by atoms with Crippen LogP contribution in [0.2, 0.25) is 0 Å². The molecule has 2 unspecified atom stereocenters. The van der Waals surface area contributed by atoms with Gasteiger partial charge in [0, 0.05) is 12.0 Å². The Balaban J connectivity index is 2.41. The lowest BCUT2D eigenvalue weighted by Gasteiger charge is -2.36. The Morgan fingerprint density at radius 2 is 2.07 bits per heavy atom. The molecule has 14 heavy (non-hydrogen) atoms. The molecule has 0 N–H and O–H groups in total. The molecule has 0 bridgehead atoms. The van der Waals surface area contributed by atoms with Crippen LogP contribution in [0.15, 0.2) is 0 Å². The summed E-state index contributed by atoms with van der Waals surface area (Å²) in [5, 5.41) is 0. The second-order valence-corrected chi connectivity index (χ2v) is 5.07. The van der Waals surface area contributed by atoms with Crippen molar-refractivity contribution in [3.05, 3.63) is 0 Å². The number of hydrogen-bond donors (Lipinski definition) is 0. The summed E-state index contributed by atoms with van der Waals surface area (Å²) in [5.41, 5.74) is 0. The molecule has 2 atom stereocenters. The third-order valence-corrected chi connectivity index (χ3v) is 3.28. The Morgan fingerprint density at radius 3 is 2.57 bits per heavy atom. The first-order valence-corrected chi connectivity index (χ1v) is 5.77. The maximum Gasteiger partial charge on any atom is 0.149 e. The molecule has 0 spiro atoms. The Hall–Kier alpha value is -0.370. The standard InChI is InChI=1S/C12H23NO/c1-9(2)12(14)8-13-6-5-10(3)7-11(13)4/h9-11H,5-8H2,1-4H3. The quantitative estimate of drug-likeness (QED) is 0.692. The van der Waals surface area contributed by atoms with Gasteiger partial charge in [-0.25, -0.2) is 0 Å². The van der Waals surface area contributed by atoms with Gasteiger partial charge in [0.2, 0.25) is 0 Å². The summed E-state index contributed by atoms with van der Waals surface area (Å²) in [6.45, 7) is 10.3. The van der Waals surface area contributed by atoms with Crippen molar-refractivity contribution in [2.24, 2.45) is 11.8 Å². The number of piperidine rings is 1. The zero-order valence-corrected chi connectivity index (χ0v) is 9.92. The number of likely N-dealkylation sites (tertiary alicyclic amines) is 1. The van der Waals surface area contributed by atoms with E-state index in [1.54, 1.807) is 0 Å². The molecule has 82 valence electrons. The number of Topliss-reactive ketones (excluding diaryl/α,β-unsaturated/α-hetero) is 1. The summed E-state index contributed by atoms with van der Waals surface area (Å²) >= 11 is 0. The van der Waals surface area contributed by atoms with Crippen LogP contribution in [0.4, 0.5) is 0 Å². The molecule has 0 aromatic heterocycles. The van der Waals surface area contributed by atoms with Crippen molar-refractivity contribution < 1.29 is 4.79 Å². The highest BCUT2D eigenvalue weighted by Crippen LogP contribution is 2.21. The zero-order valence-electron chi connectivity index (χ0n) is 9.92. The largest absolute Gasteiger partial charge is 0.298 e. The normalized spacial score (nSPS) is 29.5. The molecule has 0 radical (unpaired) electrons. The smallest absolute Gasteiger partial charge is 0.149 e. The van der Waals surface area contributed by atoms with E-state index in [1.165, 1.54) is 12.8 Å². The van der Waals surface area contributed by atoms with Crippen molar-refractivity contribution in [2.45, 2.75) is 46.6 Å². The molecule has 1 heterocycles. The van der Waals surface area contributed by atoms with Crippen molar-refractivity contribution in [1.82, 2.24) is 4.90 Å². The average molecular weight is 197 g/mol. The van der Waals surface area contributed by atoms with Gasteiger partial charge in [0.05, 0.1) is 6.54 Å². The minimum atomic E-state index is 0.182. The van der Waals surface area contributed by atoms with Gasteiger partial charge in [-0.05, 0) is 32.2 Å². The minimum absolute atomic E-state index is 0.182. The van der Waals surface area contributed by atoms with Crippen LogP contribution in [0.5, 0.6) is 0 Å². The van der Waals surface area contributed by atoms with Crippen molar-refractivity contribution in [3.63, 3.8) is 0 Å². The summed E-state index contributed by atoms with van der Waals surface area (Å²) in [7, 11) is 0. The number of rotatable bonds is 3. The van der Waals surface area contributed by atoms with Crippen molar-refractivity contribution in [3.8, 4) is 0 Å². The van der Waals surface area contributed by atoms with E-state index in [9.17, 15) is 4.79 Å². The van der Waals surface area contributed by atoms with Crippen LogP contribution in [-0.2, 0) is 4.79 Å². The molecule has 2 heteroatoms. The van der Waals surface area contributed by atoms with E-state index in [0.29, 0.717) is 18.4 Å². The fraction of sp³-hybridized carbons (Fsp3) is 0.917. The molecule has 0 aromatic carbocycles. The van der Waals surface area contributed by atoms with Gasteiger partial charge < -0.3 is 0 Å². The molecule has 1 rings (SSSR count). The van der Waals surface area contributed by atoms with Crippen molar-refractivity contribution in [1.29, 1.82) is 0 Å². The predicted molar refractivity (Wildman–Crippen MR) is 59.3 cm³/mol. The summed E-state index contributed by atoms with van der Waals surface area (Å²) in [4.78, 5) is 13.9. The fourth-order valence-electron chi connectivity index (χ4n) is 2.07. The third-order valence-electron chi connectivity index (χ3n) is 3.28. The molecule has 1 aliphatic heterocycles. The SMILES string of the molecule is CC1CCN(CC(=O)C(C)C)C(C)C1. The first kappa shape index (κ1) is 11.7. The first-order chi connectivity index (χ1) is 6.50. The lowest BCUT2D eigenvalue weighted by molar-refractivity contribution is -0.124. The van der Waals surface area contributed by atoms with Gasteiger partial charge in [-0.15, -0.1) is 0 Å². The highest BCUT2D eigenvalue weighted by atomic mass is 16.1. The highest BCUT2D eigenvalue weighted by Gasteiger charge is 2.24. The van der Waals surface area contributed by atoms with E-state index in [-0.39, 0.29) is 5.92 Å². The molecular weight excluding hydrogens is 174 g/mol. The van der Waals surface area contributed by atoms with Crippen LogP contribution in [-0.4, -0.2) is 29.8 Å². The second kappa shape index (κ2) is 4.92. The number of carbonyl (C=O) groups is 1. The number of nitrogens with zero attached hydrogens (tertiary/aromatic N) is 1. The van der Waals surface area contributed by atoms with E-state index in [1.807, 2.05) is 13.8 Å². The molecule has 1 fully saturated rings. The van der Waals surface area contributed by atoms with E-state index < -0.39 is 0 Å². The van der Waals surface area contributed by atoms with Crippen molar-refractivity contribution >= 4 is 5.78 Å². The van der Waals surface area contributed by atoms with Crippen LogP contribution in [0, 0.1) is 11.8 Å². The fourth-order valence-corrected chi connectivity index (χ4v) is 2.07. The maximum atomic E-state index is 11.6. The number of carbonyl (C=O) groups excluding carboxylic acids is 1. The Kier molecular flexibility index (Phi) is 4.11. The molecular formula is C12H23NO. The minimum Gasteiger partial charge on any atom is -0.298 e. The van der Waals surface area contributed by atoms with Crippen LogP contribution in [0.25, 0.3) is 0 Å². The Labute approximate surface area is 87.7 Å². The summed E-state index contributed by atoms with van der Waals surface area (Å²) in [6.07, 6.45) is 2.49. The van der Waals surface area contributed by atoms with E-state index in [0.717, 1.165) is 12.5 Å². The van der Waals surface area contributed by atoms with Gasteiger partial charge in [0.1, 0.15) is 5.78 Å². The zero-order chi connectivity index (χ0) is 10.7. The summed E-state index contributed by atoms with van der Waals surface area (Å²) in [5.74, 6) is 1.39. The number of hydrogen-bond acceptors (Lipinski definition) is 2. The van der Waals surface area contributed by atoms with Gasteiger partial charge in [0.25, 0.3) is 0 Å². The van der Waals surface area contributed by atoms with Crippen LogP contribution in [0.1, 0.15) is 40.5 Å². The topological polar surface area (TPSA) is 20.3 Å². The molecule has 2 nitrogen and oxygen atoms in total. The molecule has 1 saturated heterocycles. The van der Waals surface area contributed by atoms with Crippen LogP contribution >= 0.6 is 0 Å². The van der Waals surface area contributed by atoms with E-state index >= 15 is 0 Å². The summed E-state index contributed by atoms with van der Waals surface area (Å²) in [6, 6.07) is 0.585. The first-order valence-electron chi connectivity index (χ1n) is 5.77. The van der Waals surface area contributed by atoms with Crippen LogP contribution in [0.3, 0.4) is 0 Å². The molecule has 0 amide bonds. The average Bonchev–Trinajstić information content (AvgIpc) is 2.09. The van der Waals surface area contributed by atoms with Gasteiger partial charge in [-0.3, -0.25) is 9.69 Å². The second-order valence-electron chi connectivity index (χ2n) is 5.07. The van der Waals surface area contributed by atoms with E-state index in [4.69, 9.17) is 0 Å². The van der Waals surface area contributed by atoms with E-state index in [2.05, 4.69) is 18.7 Å². The molecule has 0 saturated carbocycles. The Morgan fingerprint density at radius 1 is 1.43 bits per heavy atom. The van der Waals surface area contributed by atoms with Gasteiger partial charge in [-0.1, -0.05) is 20.8 Å². The lowest BCUT2D eigenvalue weighted by Crippen LogP contribution is -2.43. The molecule has 1 aliphatic rings. The summed E-state index contributed by atoms with van der Waals surface area (Å²) < 4.78 is 0. The molecule has 0 aliphatic carbocycles. The Bertz CT molecular complexity index is 200.